The minimum atomic E-state index is -0.316. The van der Waals surface area contributed by atoms with Crippen molar-refractivity contribution in [3.8, 4) is 0 Å². The summed E-state index contributed by atoms with van der Waals surface area (Å²) in [6.45, 7) is 3.58. The SMILES string of the molecule is CCCCCCNC(N)=NCC1CCC(C(=O)N(C)C)O1. The zero-order valence-corrected chi connectivity index (χ0v) is 13.6. The smallest absolute Gasteiger partial charge is 0.251 e. The van der Waals surface area contributed by atoms with Crippen LogP contribution in [0.25, 0.3) is 0 Å². The summed E-state index contributed by atoms with van der Waals surface area (Å²) >= 11 is 0. The monoisotopic (exact) mass is 298 g/mol. The third-order valence-corrected chi connectivity index (χ3v) is 3.63. The van der Waals surface area contributed by atoms with Crippen LogP contribution in [0.1, 0.15) is 45.4 Å². The molecule has 0 spiro atoms. The first kappa shape index (κ1) is 17.8. The van der Waals surface area contributed by atoms with Crippen LogP contribution >= 0.6 is 0 Å². The van der Waals surface area contributed by atoms with E-state index in [0.29, 0.717) is 12.5 Å². The van der Waals surface area contributed by atoms with Crippen LogP contribution in [0.3, 0.4) is 0 Å². The molecule has 2 atom stereocenters. The van der Waals surface area contributed by atoms with E-state index in [9.17, 15) is 4.79 Å². The van der Waals surface area contributed by atoms with Crippen LogP contribution < -0.4 is 11.1 Å². The van der Waals surface area contributed by atoms with Crippen molar-refractivity contribution in [3.05, 3.63) is 0 Å². The molecule has 2 unspecified atom stereocenters. The molecule has 1 saturated heterocycles. The number of hydrogen-bond donors (Lipinski definition) is 2. The molecule has 0 bridgehead atoms. The predicted octanol–water partition coefficient (Wildman–Crippen LogP) is 1.11. The van der Waals surface area contributed by atoms with Crippen molar-refractivity contribution in [3.63, 3.8) is 0 Å². The molecule has 1 aliphatic rings. The lowest BCUT2D eigenvalue weighted by atomic mass is 10.2. The van der Waals surface area contributed by atoms with Crippen LogP contribution in [-0.4, -0.2) is 56.2 Å². The van der Waals surface area contributed by atoms with E-state index in [-0.39, 0.29) is 18.1 Å². The van der Waals surface area contributed by atoms with Gasteiger partial charge in [-0.05, 0) is 19.3 Å². The summed E-state index contributed by atoms with van der Waals surface area (Å²) in [5.74, 6) is 0.501. The fourth-order valence-corrected chi connectivity index (χ4v) is 2.33. The molecule has 0 aromatic rings. The highest BCUT2D eigenvalue weighted by atomic mass is 16.5. The number of nitrogens with zero attached hydrogens (tertiary/aromatic N) is 2. The number of amides is 1. The Morgan fingerprint density at radius 2 is 2.10 bits per heavy atom. The molecule has 0 radical (unpaired) electrons. The zero-order valence-electron chi connectivity index (χ0n) is 13.6. The number of rotatable bonds is 8. The molecule has 1 amide bonds. The molecule has 0 saturated carbocycles. The van der Waals surface area contributed by atoms with E-state index in [1.54, 1.807) is 19.0 Å². The van der Waals surface area contributed by atoms with Gasteiger partial charge in [0.1, 0.15) is 6.10 Å². The molecule has 1 aliphatic heterocycles. The van der Waals surface area contributed by atoms with Crippen LogP contribution in [0.4, 0.5) is 0 Å². The van der Waals surface area contributed by atoms with Crippen molar-refractivity contribution in [2.45, 2.75) is 57.7 Å². The Morgan fingerprint density at radius 3 is 2.76 bits per heavy atom. The van der Waals surface area contributed by atoms with Crippen molar-refractivity contribution < 1.29 is 9.53 Å². The van der Waals surface area contributed by atoms with Gasteiger partial charge in [0.2, 0.25) is 0 Å². The van der Waals surface area contributed by atoms with Crippen molar-refractivity contribution in [2.75, 3.05) is 27.2 Å². The first-order valence-electron chi connectivity index (χ1n) is 7.95. The van der Waals surface area contributed by atoms with Crippen molar-refractivity contribution >= 4 is 11.9 Å². The van der Waals surface area contributed by atoms with E-state index >= 15 is 0 Å². The molecule has 122 valence electrons. The molecule has 21 heavy (non-hydrogen) atoms. The standard InChI is InChI=1S/C15H30N4O2/c1-4-5-6-7-10-17-15(16)18-11-12-8-9-13(21-12)14(20)19(2)3/h12-13H,4-11H2,1-3H3,(H3,16,17,18). The highest BCUT2D eigenvalue weighted by Gasteiger charge is 2.31. The zero-order chi connectivity index (χ0) is 15.7. The second kappa shape index (κ2) is 9.60. The van der Waals surface area contributed by atoms with Crippen LogP contribution in [0.5, 0.6) is 0 Å². The van der Waals surface area contributed by atoms with Gasteiger partial charge in [-0.15, -0.1) is 0 Å². The number of hydrogen-bond acceptors (Lipinski definition) is 3. The van der Waals surface area contributed by atoms with Gasteiger partial charge in [-0.1, -0.05) is 26.2 Å². The van der Waals surface area contributed by atoms with Gasteiger partial charge in [0.25, 0.3) is 5.91 Å². The van der Waals surface area contributed by atoms with Gasteiger partial charge in [0.15, 0.2) is 5.96 Å². The molecule has 0 aromatic heterocycles. The Labute approximate surface area is 128 Å². The Balaban J connectivity index is 2.19. The molecule has 0 aromatic carbocycles. The molecule has 0 aliphatic carbocycles. The van der Waals surface area contributed by atoms with Gasteiger partial charge >= 0.3 is 0 Å². The number of carbonyl (C=O) groups excluding carboxylic acids is 1. The summed E-state index contributed by atoms with van der Waals surface area (Å²) < 4.78 is 5.71. The Hall–Kier alpha value is -1.30. The van der Waals surface area contributed by atoms with E-state index < -0.39 is 0 Å². The number of ether oxygens (including phenoxy) is 1. The average Bonchev–Trinajstić information content (AvgIpc) is 2.92. The predicted molar refractivity (Wildman–Crippen MR) is 85.2 cm³/mol. The molecule has 1 heterocycles. The summed E-state index contributed by atoms with van der Waals surface area (Å²) in [7, 11) is 3.50. The molecular formula is C15H30N4O2. The van der Waals surface area contributed by atoms with Crippen molar-refractivity contribution in [1.82, 2.24) is 10.2 Å². The van der Waals surface area contributed by atoms with E-state index in [1.807, 2.05) is 0 Å². The number of carbonyl (C=O) groups is 1. The number of unbranched alkanes of at least 4 members (excludes halogenated alkanes) is 3. The van der Waals surface area contributed by atoms with Crippen LogP contribution in [0.2, 0.25) is 0 Å². The molecule has 3 N–H and O–H groups in total. The minimum Gasteiger partial charge on any atom is -0.370 e. The third kappa shape index (κ3) is 6.80. The minimum absolute atomic E-state index is 0.000610. The molecular weight excluding hydrogens is 268 g/mol. The van der Waals surface area contributed by atoms with Crippen LogP contribution in [-0.2, 0) is 9.53 Å². The molecule has 6 nitrogen and oxygen atoms in total. The summed E-state index contributed by atoms with van der Waals surface area (Å²) in [6, 6.07) is 0. The first-order chi connectivity index (χ1) is 10.0. The average molecular weight is 298 g/mol. The maximum Gasteiger partial charge on any atom is 0.251 e. The van der Waals surface area contributed by atoms with E-state index in [1.165, 1.54) is 19.3 Å². The summed E-state index contributed by atoms with van der Waals surface area (Å²) in [5.41, 5.74) is 5.82. The lowest BCUT2D eigenvalue weighted by molar-refractivity contribution is -0.140. The largest absolute Gasteiger partial charge is 0.370 e. The van der Waals surface area contributed by atoms with Gasteiger partial charge in [-0.3, -0.25) is 9.79 Å². The van der Waals surface area contributed by atoms with Gasteiger partial charge in [-0.25, -0.2) is 0 Å². The maximum absolute atomic E-state index is 11.8. The highest BCUT2D eigenvalue weighted by Crippen LogP contribution is 2.21. The quantitative estimate of drug-likeness (QED) is 0.399. The van der Waals surface area contributed by atoms with Gasteiger partial charge in [0, 0.05) is 20.6 Å². The second-order valence-electron chi connectivity index (χ2n) is 5.77. The molecule has 1 fully saturated rings. The maximum atomic E-state index is 11.8. The molecule has 6 heteroatoms. The Bertz CT molecular complexity index is 345. The van der Waals surface area contributed by atoms with Gasteiger partial charge in [0.05, 0.1) is 12.6 Å². The lowest BCUT2D eigenvalue weighted by Gasteiger charge is -2.16. The Morgan fingerprint density at radius 1 is 1.33 bits per heavy atom. The topological polar surface area (TPSA) is 79.9 Å². The number of aliphatic imine (C=N–C) groups is 1. The number of likely N-dealkylation sites (N-methyl/N-ethyl adjacent to an activating group) is 1. The fraction of sp³-hybridized carbons (Fsp3) is 0.867. The van der Waals surface area contributed by atoms with Crippen molar-refractivity contribution in [1.29, 1.82) is 0 Å². The highest BCUT2D eigenvalue weighted by molar-refractivity contribution is 5.80. The van der Waals surface area contributed by atoms with E-state index in [0.717, 1.165) is 25.8 Å². The fourth-order valence-electron chi connectivity index (χ4n) is 2.33. The van der Waals surface area contributed by atoms with E-state index in [4.69, 9.17) is 10.5 Å². The summed E-state index contributed by atoms with van der Waals surface area (Å²) in [6.07, 6.45) is 6.13. The lowest BCUT2D eigenvalue weighted by Crippen LogP contribution is -2.35. The molecule has 1 rings (SSSR count). The summed E-state index contributed by atoms with van der Waals surface area (Å²) in [4.78, 5) is 17.7. The van der Waals surface area contributed by atoms with E-state index in [2.05, 4.69) is 17.2 Å². The number of guanidine groups is 1. The normalized spacial score (nSPS) is 22.3. The van der Waals surface area contributed by atoms with Crippen LogP contribution in [0, 0.1) is 0 Å². The number of nitrogens with two attached hydrogens (primary N) is 1. The first-order valence-corrected chi connectivity index (χ1v) is 7.95. The van der Waals surface area contributed by atoms with Gasteiger partial charge in [-0.2, -0.15) is 0 Å². The summed E-state index contributed by atoms with van der Waals surface area (Å²) in [5, 5.41) is 3.11. The van der Waals surface area contributed by atoms with Crippen molar-refractivity contribution in [2.24, 2.45) is 10.7 Å². The van der Waals surface area contributed by atoms with Gasteiger partial charge < -0.3 is 20.7 Å². The van der Waals surface area contributed by atoms with Crippen LogP contribution in [0.15, 0.2) is 4.99 Å². The second-order valence-corrected chi connectivity index (χ2v) is 5.77. The Kier molecular flexibility index (Phi) is 8.12. The third-order valence-electron chi connectivity index (χ3n) is 3.63. The number of nitrogens with one attached hydrogen (secondary N) is 1.